The normalized spacial score (nSPS) is 18.9. The lowest BCUT2D eigenvalue weighted by Crippen LogP contribution is -2.20. The zero-order chi connectivity index (χ0) is 11.4. The van der Waals surface area contributed by atoms with Crippen molar-refractivity contribution in [3.05, 3.63) is 35.4 Å². The smallest absolute Gasteiger partial charge is 0.0608 e. The highest BCUT2D eigenvalue weighted by Crippen LogP contribution is 2.29. The van der Waals surface area contributed by atoms with E-state index in [1.807, 2.05) is 0 Å². The number of hydrogen-bond acceptors (Lipinski definition) is 1. The van der Waals surface area contributed by atoms with E-state index in [2.05, 4.69) is 31.2 Å². The van der Waals surface area contributed by atoms with Crippen LogP contribution in [0.5, 0.6) is 0 Å². The third-order valence-corrected chi connectivity index (χ3v) is 3.82. The fourth-order valence-electron chi connectivity index (χ4n) is 2.66. The third-order valence-electron chi connectivity index (χ3n) is 3.82. The minimum Gasteiger partial charge on any atom is -0.392 e. The fraction of sp³-hybridized carbons (Fsp3) is 0.600. The number of aliphatic hydroxyl groups is 1. The molecule has 1 fully saturated rings. The first kappa shape index (κ1) is 11.7. The summed E-state index contributed by atoms with van der Waals surface area (Å²) >= 11 is 0. The maximum atomic E-state index is 10.1. The van der Waals surface area contributed by atoms with E-state index >= 15 is 0 Å². The molecular weight excluding hydrogens is 196 g/mol. The lowest BCUT2D eigenvalue weighted by molar-refractivity contribution is 0.111. The van der Waals surface area contributed by atoms with Gasteiger partial charge in [-0.25, -0.2) is 0 Å². The molecule has 1 heteroatoms. The van der Waals surface area contributed by atoms with Gasteiger partial charge in [0.1, 0.15) is 0 Å². The van der Waals surface area contributed by atoms with Crippen LogP contribution in [0.15, 0.2) is 24.3 Å². The van der Waals surface area contributed by atoms with Crippen molar-refractivity contribution in [1.82, 2.24) is 0 Å². The van der Waals surface area contributed by atoms with Crippen LogP contribution in [0.1, 0.15) is 43.7 Å². The van der Waals surface area contributed by atoms with Gasteiger partial charge in [0.25, 0.3) is 0 Å². The first-order chi connectivity index (χ1) is 7.79. The summed E-state index contributed by atoms with van der Waals surface area (Å²) in [7, 11) is 0. The van der Waals surface area contributed by atoms with Crippen LogP contribution >= 0.6 is 0 Å². The zero-order valence-corrected chi connectivity index (χ0v) is 10.2. The van der Waals surface area contributed by atoms with E-state index in [4.69, 9.17) is 0 Å². The van der Waals surface area contributed by atoms with Gasteiger partial charge in [-0.3, -0.25) is 0 Å². The molecule has 1 aliphatic rings. The minimum atomic E-state index is -0.130. The summed E-state index contributed by atoms with van der Waals surface area (Å²) in [6, 6.07) is 8.68. The van der Waals surface area contributed by atoms with Crippen molar-refractivity contribution in [3.8, 4) is 0 Å². The molecule has 1 aromatic rings. The molecule has 1 saturated carbocycles. The summed E-state index contributed by atoms with van der Waals surface area (Å²) in [5.41, 5.74) is 2.65. The van der Waals surface area contributed by atoms with Crippen LogP contribution in [0.25, 0.3) is 0 Å². The Bertz CT molecular complexity index is 309. The van der Waals surface area contributed by atoms with Gasteiger partial charge >= 0.3 is 0 Å². The Hall–Kier alpha value is -0.820. The number of rotatable bonds is 4. The van der Waals surface area contributed by atoms with E-state index in [0.29, 0.717) is 5.92 Å². The van der Waals surface area contributed by atoms with Gasteiger partial charge in [0.15, 0.2) is 0 Å². The molecular formula is C15H22O. The predicted octanol–water partition coefficient (Wildman–Crippen LogP) is 3.34. The molecule has 1 N–H and O–H groups in total. The largest absolute Gasteiger partial charge is 0.392 e. The van der Waals surface area contributed by atoms with E-state index in [1.54, 1.807) is 0 Å². The fourth-order valence-corrected chi connectivity index (χ4v) is 2.66. The van der Waals surface area contributed by atoms with Crippen molar-refractivity contribution in [2.75, 3.05) is 0 Å². The van der Waals surface area contributed by atoms with Gasteiger partial charge in [-0.1, -0.05) is 44.0 Å². The summed E-state index contributed by atoms with van der Waals surface area (Å²) in [5.74, 6) is 0.547. The van der Waals surface area contributed by atoms with Crippen molar-refractivity contribution in [3.63, 3.8) is 0 Å². The molecule has 1 unspecified atom stereocenters. The number of aliphatic hydroxyl groups excluding tert-OH is 1. The van der Waals surface area contributed by atoms with Gasteiger partial charge < -0.3 is 5.11 Å². The Morgan fingerprint density at radius 1 is 1.12 bits per heavy atom. The molecule has 1 atom stereocenters. The average molecular weight is 218 g/mol. The average Bonchev–Trinajstić information content (AvgIpc) is 2.83. The van der Waals surface area contributed by atoms with E-state index in [0.717, 1.165) is 12.8 Å². The van der Waals surface area contributed by atoms with E-state index in [-0.39, 0.29) is 6.10 Å². The lowest BCUT2D eigenvalue weighted by Gasteiger charge is -2.17. The molecule has 0 bridgehead atoms. The second-order valence-electron chi connectivity index (χ2n) is 4.99. The first-order valence-corrected chi connectivity index (χ1v) is 6.55. The van der Waals surface area contributed by atoms with Gasteiger partial charge in [0, 0.05) is 0 Å². The molecule has 1 aliphatic carbocycles. The topological polar surface area (TPSA) is 20.2 Å². The first-order valence-electron chi connectivity index (χ1n) is 6.55. The molecule has 2 rings (SSSR count). The van der Waals surface area contributed by atoms with Crippen molar-refractivity contribution in [2.45, 2.75) is 51.6 Å². The molecule has 0 saturated heterocycles. The third kappa shape index (κ3) is 2.85. The van der Waals surface area contributed by atoms with Crippen molar-refractivity contribution in [2.24, 2.45) is 5.92 Å². The second-order valence-corrected chi connectivity index (χ2v) is 4.99. The second kappa shape index (κ2) is 5.49. The molecule has 0 aliphatic heterocycles. The highest BCUT2D eigenvalue weighted by Gasteiger charge is 2.22. The molecule has 1 aromatic carbocycles. The van der Waals surface area contributed by atoms with Crippen molar-refractivity contribution in [1.29, 1.82) is 0 Å². The summed E-state index contributed by atoms with van der Waals surface area (Å²) in [5, 5.41) is 10.1. The predicted molar refractivity (Wildman–Crippen MR) is 67.5 cm³/mol. The molecule has 0 radical (unpaired) electrons. The molecule has 0 spiro atoms. The molecule has 1 nitrogen and oxygen atoms in total. The van der Waals surface area contributed by atoms with E-state index in [1.165, 1.54) is 36.8 Å². The van der Waals surface area contributed by atoms with Crippen LogP contribution in [0.2, 0.25) is 0 Å². The van der Waals surface area contributed by atoms with Crippen LogP contribution in [0, 0.1) is 5.92 Å². The minimum absolute atomic E-state index is 0.130. The summed E-state index contributed by atoms with van der Waals surface area (Å²) in [4.78, 5) is 0. The molecule has 88 valence electrons. The van der Waals surface area contributed by atoms with E-state index in [9.17, 15) is 5.11 Å². The SMILES string of the molecule is CCc1ccc(CC(O)C2CCCC2)cc1. The molecule has 0 amide bonds. The Morgan fingerprint density at radius 2 is 1.69 bits per heavy atom. The zero-order valence-electron chi connectivity index (χ0n) is 10.2. The van der Waals surface area contributed by atoms with Gasteiger partial charge in [0.05, 0.1) is 6.10 Å². The van der Waals surface area contributed by atoms with Crippen LogP contribution in [0.3, 0.4) is 0 Å². The lowest BCUT2D eigenvalue weighted by atomic mass is 9.94. The summed E-state index contributed by atoms with van der Waals surface area (Å²) in [6.45, 7) is 2.17. The van der Waals surface area contributed by atoms with Crippen LogP contribution < -0.4 is 0 Å². The van der Waals surface area contributed by atoms with Gasteiger partial charge in [-0.15, -0.1) is 0 Å². The number of aryl methyl sites for hydroxylation is 1. The maximum absolute atomic E-state index is 10.1. The number of benzene rings is 1. The van der Waals surface area contributed by atoms with Crippen molar-refractivity contribution >= 4 is 0 Å². The van der Waals surface area contributed by atoms with Crippen LogP contribution in [-0.2, 0) is 12.8 Å². The quantitative estimate of drug-likeness (QED) is 0.821. The monoisotopic (exact) mass is 218 g/mol. The van der Waals surface area contributed by atoms with Crippen molar-refractivity contribution < 1.29 is 5.11 Å². The Kier molecular flexibility index (Phi) is 4.00. The summed E-state index contributed by atoms with van der Waals surface area (Å²) in [6.07, 6.45) is 6.82. The van der Waals surface area contributed by atoms with Gasteiger partial charge in [0.2, 0.25) is 0 Å². The molecule has 0 aromatic heterocycles. The highest BCUT2D eigenvalue weighted by molar-refractivity contribution is 5.23. The Balaban J connectivity index is 1.92. The Labute approximate surface area is 98.5 Å². The maximum Gasteiger partial charge on any atom is 0.0608 e. The van der Waals surface area contributed by atoms with Crippen LogP contribution in [-0.4, -0.2) is 11.2 Å². The van der Waals surface area contributed by atoms with E-state index < -0.39 is 0 Å². The highest BCUT2D eigenvalue weighted by atomic mass is 16.3. The molecule has 16 heavy (non-hydrogen) atoms. The number of hydrogen-bond donors (Lipinski definition) is 1. The van der Waals surface area contributed by atoms with Gasteiger partial charge in [-0.2, -0.15) is 0 Å². The molecule has 0 heterocycles. The Morgan fingerprint density at radius 3 is 2.25 bits per heavy atom. The van der Waals surface area contributed by atoms with Gasteiger partial charge in [-0.05, 0) is 42.7 Å². The summed E-state index contributed by atoms with van der Waals surface area (Å²) < 4.78 is 0. The standard InChI is InChI=1S/C15H22O/c1-2-12-7-9-13(10-8-12)11-15(16)14-5-3-4-6-14/h7-10,14-16H,2-6,11H2,1H3. The van der Waals surface area contributed by atoms with Crippen LogP contribution in [0.4, 0.5) is 0 Å².